The van der Waals surface area contributed by atoms with Crippen LogP contribution >= 0.6 is 0 Å². The SMILES string of the molecule is Cc1ccc2c(c1)N(c1ccc(-c3cccc4c3oc3ccccc34)cc1)c1cc(C(C)(C)C)cc3c1B2c1ccc(C)cc1N3c1ccc(C(C)(C)C)cc1-c1ccccc1. The molecule has 9 aromatic rings. The molecule has 2 aliphatic rings. The van der Waals surface area contributed by atoms with E-state index in [-0.39, 0.29) is 17.5 Å². The number of hydrogen-bond donors (Lipinski definition) is 0. The first kappa shape index (κ1) is 38.2. The molecule has 0 saturated carbocycles. The Balaban J connectivity index is 1.17. The Morgan fingerprint density at radius 3 is 1.71 bits per heavy atom. The summed E-state index contributed by atoms with van der Waals surface area (Å²) < 4.78 is 6.51. The van der Waals surface area contributed by atoms with Gasteiger partial charge in [-0.15, -0.1) is 0 Å². The molecule has 3 heterocycles. The van der Waals surface area contributed by atoms with Crippen LogP contribution in [0, 0.1) is 13.8 Å². The van der Waals surface area contributed by atoms with Crippen LogP contribution in [0.25, 0.3) is 44.2 Å². The Morgan fingerprint density at radius 1 is 0.435 bits per heavy atom. The van der Waals surface area contributed by atoms with Gasteiger partial charge in [0.05, 0.1) is 5.69 Å². The quantitative estimate of drug-likeness (QED) is 0.165. The third-order valence-electron chi connectivity index (χ3n) is 13.3. The number of para-hydroxylation sites is 2. The Bertz CT molecular complexity index is 3240. The van der Waals surface area contributed by atoms with E-state index in [4.69, 9.17) is 4.42 Å². The Morgan fingerprint density at radius 2 is 1.03 bits per heavy atom. The molecule has 0 radical (unpaired) electrons. The van der Waals surface area contributed by atoms with Crippen molar-refractivity contribution in [3.05, 3.63) is 186 Å². The molecule has 3 nitrogen and oxygen atoms in total. The number of hydrogen-bond acceptors (Lipinski definition) is 3. The maximum atomic E-state index is 6.51. The lowest BCUT2D eigenvalue weighted by molar-refractivity contribution is 0.590. The van der Waals surface area contributed by atoms with Crippen molar-refractivity contribution in [2.45, 2.75) is 66.2 Å². The molecule has 0 spiro atoms. The van der Waals surface area contributed by atoms with Gasteiger partial charge in [-0.3, -0.25) is 0 Å². The van der Waals surface area contributed by atoms with Gasteiger partial charge in [-0.25, -0.2) is 0 Å². The molecule has 4 heteroatoms. The molecule has 0 amide bonds. The van der Waals surface area contributed by atoms with E-state index in [1.165, 1.54) is 78.2 Å². The fraction of sp³-hybridized carbons (Fsp3) is 0.172. The van der Waals surface area contributed by atoms with E-state index in [9.17, 15) is 0 Å². The second kappa shape index (κ2) is 13.9. The maximum Gasteiger partial charge on any atom is 0.252 e. The lowest BCUT2D eigenvalue weighted by atomic mass is 9.33. The number of fused-ring (bicyclic) bond motifs is 7. The molecule has 0 saturated heterocycles. The van der Waals surface area contributed by atoms with Crippen molar-refractivity contribution in [1.29, 1.82) is 0 Å². The van der Waals surface area contributed by atoms with E-state index >= 15 is 0 Å². The summed E-state index contributed by atoms with van der Waals surface area (Å²) in [4.78, 5) is 5.13. The average molecular weight is 803 g/mol. The van der Waals surface area contributed by atoms with Crippen LogP contribution in [0.2, 0.25) is 0 Å². The normalized spacial score (nSPS) is 13.4. The van der Waals surface area contributed by atoms with E-state index in [2.05, 4.69) is 223 Å². The zero-order valence-corrected chi connectivity index (χ0v) is 37.0. The van der Waals surface area contributed by atoms with Gasteiger partial charge in [-0.2, -0.15) is 0 Å². The number of furan rings is 1. The molecule has 0 atom stereocenters. The van der Waals surface area contributed by atoms with Crippen molar-refractivity contribution in [3.63, 3.8) is 0 Å². The predicted molar refractivity (Wildman–Crippen MR) is 265 cm³/mol. The molecular formula is C58H51BN2O. The Labute approximate surface area is 366 Å². The fourth-order valence-electron chi connectivity index (χ4n) is 9.99. The molecule has 0 aliphatic carbocycles. The Kier molecular flexibility index (Phi) is 8.54. The van der Waals surface area contributed by atoms with Gasteiger partial charge < -0.3 is 14.2 Å². The van der Waals surface area contributed by atoms with Crippen LogP contribution in [0.5, 0.6) is 0 Å². The van der Waals surface area contributed by atoms with Gasteiger partial charge in [0.2, 0.25) is 0 Å². The van der Waals surface area contributed by atoms with Gasteiger partial charge in [-0.1, -0.05) is 151 Å². The monoisotopic (exact) mass is 802 g/mol. The highest BCUT2D eigenvalue weighted by Crippen LogP contribution is 2.49. The van der Waals surface area contributed by atoms with E-state index in [1.807, 2.05) is 6.07 Å². The van der Waals surface area contributed by atoms with Crippen molar-refractivity contribution < 1.29 is 4.42 Å². The summed E-state index contributed by atoms with van der Waals surface area (Å²) in [6.45, 7) is 18.4. The summed E-state index contributed by atoms with van der Waals surface area (Å²) in [7, 11) is 0. The largest absolute Gasteiger partial charge is 0.455 e. The fourth-order valence-corrected chi connectivity index (χ4v) is 9.99. The van der Waals surface area contributed by atoms with Crippen LogP contribution < -0.4 is 26.2 Å². The van der Waals surface area contributed by atoms with Crippen LogP contribution in [0.1, 0.15) is 63.8 Å². The van der Waals surface area contributed by atoms with Crippen molar-refractivity contribution in [1.82, 2.24) is 0 Å². The summed E-state index contributed by atoms with van der Waals surface area (Å²) in [6, 6.07) is 61.2. The molecule has 0 unspecified atom stereocenters. The van der Waals surface area contributed by atoms with E-state index in [0.29, 0.717) is 0 Å². The van der Waals surface area contributed by atoms with Crippen LogP contribution in [0.4, 0.5) is 34.1 Å². The zero-order valence-electron chi connectivity index (χ0n) is 37.0. The number of nitrogens with zero attached hydrogens (tertiary/aromatic N) is 2. The minimum atomic E-state index is -0.119. The highest BCUT2D eigenvalue weighted by Gasteiger charge is 2.44. The molecular weight excluding hydrogens is 751 g/mol. The molecule has 0 bridgehead atoms. The molecule has 302 valence electrons. The molecule has 1 aromatic heterocycles. The first-order valence-corrected chi connectivity index (χ1v) is 22.0. The maximum absolute atomic E-state index is 6.51. The van der Waals surface area contributed by atoms with E-state index in [1.54, 1.807) is 0 Å². The summed E-state index contributed by atoms with van der Waals surface area (Å²) in [5.74, 6) is 0. The average Bonchev–Trinajstić information content (AvgIpc) is 3.65. The van der Waals surface area contributed by atoms with Crippen molar-refractivity contribution in [3.8, 4) is 22.3 Å². The minimum absolute atomic E-state index is 0.00860. The van der Waals surface area contributed by atoms with Crippen LogP contribution in [-0.4, -0.2) is 6.71 Å². The minimum Gasteiger partial charge on any atom is -0.455 e. The molecule has 0 N–H and O–H groups in total. The van der Waals surface area contributed by atoms with E-state index < -0.39 is 0 Å². The van der Waals surface area contributed by atoms with Gasteiger partial charge in [-0.05, 0) is 129 Å². The highest BCUT2D eigenvalue weighted by atomic mass is 16.3. The zero-order chi connectivity index (χ0) is 42.7. The highest BCUT2D eigenvalue weighted by molar-refractivity contribution is 7.00. The van der Waals surface area contributed by atoms with Crippen molar-refractivity contribution in [2.24, 2.45) is 0 Å². The standard InChI is InChI=1S/C58H51BN2O/c1-36-21-28-47-50(31-36)60(42-26-23-39(24-27-42)43-18-14-19-45-44-17-12-13-20-54(44)62-56(43)45)52-34-41(58(6,7)8)35-53-55(52)59(47)48-29-22-37(2)32-51(48)61(53)49-30-25-40(57(3,4)5)33-46(49)38-15-10-9-11-16-38/h9-35H,1-8H3. The number of rotatable bonds is 4. The third-order valence-corrected chi connectivity index (χ3v) is 13.3. The van der Waals surface area contributed by atoms with Crippen molar-refractivity contribution >= 4 is 79.2 Å². The van der Waals surface area contributed by atoms with Crippen LogP contribution in [0.15, 0.2) is 168 Å². The first-order chi connectivity index (χ1) is 29.8. The molecule has 8 aromatic carbocycles. The van der Waals surface area contributed by atoms with Gasteiger partial charge in [0.15, 0.2) is 0 Å². The summed E-state index contributed by atoms with van der Waals surface area (Å²) in [6.07, 6.45) is 0. The third kappa shape index (κ3) is 6.02. The summed E-state index contributed by atoms with van der Waals surface area (Å²) in [5, 5.41) is 2.29. The topological polar surface area (TPSA) is 19.6 Å². The van der Waals surface area contributed by atoms with Crippen LogP contribution in [-0.2, 0) is 10.8 Å². The summed E-state index contributed by atoms with van der Waals surface area (Å²) in [5.41, 5.74) is 22.7. The van der Waals surface area contributed by atoms with Crippen LogP contribution in [0.3, 0.4) is 0 Å². The lowest BCUT2D eigenvalue weighted by Crippen LogP contribution is -2.61. The second-order valence-corrected chi connectivity index (χ2v) is 19.6. The Hall–Kier alpha value is -6.78. The second-order valence-electron chi connectivity index (χ2n) is 19.6. The van der Waals surface area contributed by atoms with Gasteiger partial charge in [0.1, 0.15) is 11.2 Å². The molecule has 2 aliphatic heterocycles. The predicted octanol–water partition coefficient (Wildman–Crippen LogP) is 14.2. The lowest BCUT2D eigenvalue weighted by Gasteiger charge is -2.45. The van der Waals surface area contributed by atoms with Gasteiger partial charge in [0.25, 0.3) is 6.71 Å². The van der Waals surface area contributed by atoms with E-state index in [0.717, 1.165) is 38.8 Å². The molecule has 0 fully saturated rings. The number of anilines is 6. The number of aryl methyl sites for hydroxylation is 2. The smallest absolute Gasteiger partial charge is 0.252 e. The van der Waals surface area contributed by atoms with Crippen molar-refractivity contribution in [2.75, 3.05) is 9.80 Å². The first-order valence-electron chi connectivity index (χ1n) is 22.0. The molecule has 11 rings (SSSR count). The van der Waals surface area contributed by atoms with Gasteiger partial charge >= 0.3 is 0 Å². The summed E-state index contributed by atoms with van der Waals surface area (Å²) >= 11 is 0. The van der Waals surface area contributed by atoms with Gasteiger partial charge in [0, 0.05) is 50.3 Å². The molecule has 62 heavy (non-hydrogen) atoms. The number of benzene rings is 8.